The summed E-state index contributed by atoms with van der Waals surface area (Å²) in [6.45, 7) is 1.89. The summed E-state index contributed by atoms with van der Waals surface area (Å²) in [7, 11) is 1.74. The van der Waals surface area contributed by atoms with Gasteiger partial charge in [0, 0.05) is 25.6 Å². The van der Waals surface area contributed by atoms with Crippen molar-refractivity contribution in [1.29, 1.82) is 5.41 Å². The molecule has 1 atom stereocenters. The minimum absolute atomic E-state index is 0.0254. The molecule has 0 bridgehead atoms. The summed E-state index contributed by atoms with van der Waals surface area (Å²) in [5.74, 6) is 0.116. The molecule has 5 nitrogen and oxygen atoms in total. The zero-order chi connectivity index (χ0) is 11.4. The molecule has 1 aliphatic carbocycles. The summed E-state index contributed by atoms with van der Waals surface area (Å²) < 4.78 is 0. The number of carbonyl (C=O) groups excluding carboxylic acids is 1. The molecule has 0 aromatic carbocycles. The van der Waals surface area contributed by atoms with E-state index in [1.54, 1.807) is 11.9 Å². The molecule has 4 N–H and O–H groups in total. The lowest BCUT2D eigenvalue weighted by Crippen LogP contribution is -2.49. The van der Waals surface area contributed by atoms with Crippen molar-refractivity contribution in [3.8, 4) is 0 Å². The Kier molecular flexibility index (Phi) is 3.94. The highest BCUT2D eigenvalue weighted by Gasteiger charge is 2.23. The average molecular weight is 212 g/mol. The molecule has 0 radical (unpaired) electrons. The largest absolute Gasteiger partial charge is 0.388 e. The smallest absolute Gasteiger partial charge is 0.317 e. The van der Waals surface area contributed by atoms with Crippen molar-refractivity contribution in [3.63, 3.8) is 0 Å². The fourth-order valence-electron chi connectivity index (χ4n) is 1.48. The number of amidine groups is 1. The molecule has 1 unspecified atom stereocenters. The molecule has 2 amide bonds. The predicted molar refractivity (Wildman–Crippen MR) is 59.9 cm³/mol. The summed E-state index contributed by atoms with van der Waals surface area (Å²) in [4.78, 5) is 13.3. The first-order valence-electron chi connectivity index (χ1n) is 5.37. The van der Waals surface area contributed by atoms with Crippen LogP contribution in [0, 0.1) is 5.41 Å². The molecule has 1 fully saturated rings. The molecule has 5 heteroatoms. The molecule has 1 aliphatic rings. The number of nitrogens with two attached hydrogens (primary N) is 1. The summed E-state index contributed by atoms with van der Waals surface area (Å²) in [6.07, 6.45) is 3.80. The average Bonchev–Trinajstić information content (AvgIpc) is 2.08. The SMILES string of the molecule is CC(CC(=N)N)N(C)C(=O)NC1CCC1. The van der Waals surface area contributed by atoms with E-state index in [0.29, 0.717) is 12.5 Å². The molecule has 15 heavy (non-hydrogen) atoms. The Hall–Kier alpha value is -1.26. The molecule has 0 aliphatic heterocycles. The third-order valence-corrected chi connectivity index (χ3v) is 2.93. The minimum Gasteiger partial charge on any atom is -0.388 e. The lowest BCUT2D eigenvalue weighted by Gasteiger charge is -2.31. The highest BCUT2D eigenvalue weighted by atomic mass is 16.2. The number of urea groups is 1. The van der Waals surface area contributed by atoms with Crippen LogP contribution in [0.1, 0.15) is 32.6 Å². The highest BCUT2D eigenvalue weighted by molar-refractivity contribution is 5.79. The van der Waals surface area contributed by atoms with E-state index in [2.05, 4.69) is 5.32 Å². The number of amides is 2. The van der Waals surface area contributed by atoms with E-state index >= 15 is 0 Å². The molecular formula is C10H20N4O. The van der Waals surface area contributed by atoms with Gasteiger partial charge in [0.25, 0.3) is 0 Å². The zero-order valence-corrected chi connectivity index (χ0v) is 9.42. The van der Waals surface area contributed by atoms with Crippen LogP contribution in [0.15, 0.2) is 0 Å². The molecule has 1 saturated carbocycles. The summed E-state index contributed by atoms with van der Waals surface area (Å²) in [6, 6.07) is 0.264. The maximum atomic E-state index is 11.7. The van der Waals surface area contributed by atoms with Crippen LogP contribution in [0.4, 0.5) is 4.79 Å². The second-order valence-corrected chi connectivity index (χ2v) is 4.27. The molecule has 86 valence electrons. The minimum atomic E-state index is -0.0616. The third kappa shape index (κ3) is 3.42. The first-order chi connectivity index (χ1) is 7.00. The van der Waals surface area contributed by atoms with Crippen LogP contribution in [0.25, 0.3) is 0 Å². The summed E-state index contributed by atoms with van der Waals surface area (Å²) in [5.41, 5.74) is 5.29. The van der Waals surface area contributed by atoms with Crippen LogP contribution >= 0.6 is 0 Å². The third-order valence-electron chi connectivity index (χ3n) is 2.93. The zero-order valence-electron chi connectivity index (χ0n) is 9.42. The van der Waals surface area contributed by atoms with Crippen LogP contribution in [-0.4, -0.2) is 35.9 Å². The molecule has 0 aromatic heterocycles. The first kappa shape index (κ1) is 11.8. The Morgan fingerprint density at radius 3 is 2.67 bits per heavy atom. The number of hydrogen-bond acceptors (Lipinski definition) is 2. The van der Waals surface area contributed by atoms with Crippen molar-refractivity contribution in [2.45, 2.75) is 44.7 Å². The molecule has 0 spiro atoms. The van der Waals surface area contributed by atoms with Crippen LogP contribution in [0.3, 0.4) is 0 Å². The fraction of sp³-hybridized carbons (Fsp3) is 0.800. The Morgan fingerprint density at radius 1 is 1.67 bits per heavy atom. The Labute approximate surface area is 90.5 Å². The van der Waals surface area contributed by atoms with Gasteiger partial charge in [0.2, 0.25) is 0 Å². The first-order valence-corrected chi connectivity index (χ1v) is 5.37. The maximum Gasteiger partial charge on any atom is 0.317 e. The van der Waals surface area contributed by atoms with Crippen LogP contribution < -0.4 is 11.1 Å². The molecule has 0 saturated heterocycles. The van der Waals surface area contributed by atoms with E-state index in [1.807, 2.05) is 6.92 Å². The summed E-state index contributed by atoms with van der Waals surface area (Å²) >= 11 is 0. The fourth-order valence-corrected chi connectivity index (χ4v) is 1.48. The standard InChI is InChI=1S/C10H20N4O/c1-7(6-9(11)12)14(2)10(15)13-8-4-3-5-8/h7-8H,3-6H2,1-2H3,(H3,11,12)(H,13,15). The Bertz CT molecular complexity index is 250. The van der Waals surface area contributed by atoms with Gasteiger partial charge in [0.05, 0.1) is 5.84 Å². The highest BCUT2D eigenvalue weighted by Crippen LogP contribution is 2.18. The molecule has 0 heterocycles. The van der Waals surface area contributed by atoms with Gasteiger partial charge in [-0.15, -0.1) is 0 Å². The van der Waals surface area contributed by atoms with Crippen LogP contribution in [0.5, 0.6) is 0 Å². The topological polar surface area (TPSA) is 82.2 Å². The van der Waals surface area contributed by atoms with E-state index in [4.69, 9.17) is 11.1 Å². The van der Waals surface area contributed by atoms with Crippen molar-refractivity contribution in [3.05, 3.63) is 0 Å². The second-order valence-electron chi connectivity index (χ2n) is 4.27. The quantitative estimate of drug-likeness (QED) is 0.478. The van der Waals surface area contributed by atoms with E-state index < -0.39 is 0 Å². The monoisotopic (exact) mass is 212 g/mol. The van der Waals surface area contributed by atoms with E-state index in [0.717, 1.165) is 12.8 Å². The summed E-state index contributed by atoms with van der Waals surface area (Å²) in [5, 5.41) is 10.1. The number of carbonyl (C=O) groups is 1. The Balaban J connectivity index is 2.33. The van der Waals surface area contributed by atoms with Gasteiger partial charge in [0.15, 0.2) is 0 Å². The van der Waals surface area contributed by atoms with Crippen LogP contribution in [-0.2, 0) is 0 Å². The van der Waals surface area contributed by atoms with Crippen molar-refractivity contribution >= 4 is 11.9 Å². The van der Waals surface area contributed by atoms with Gasteiger partial charge >= 0.3 is 6.03 Å². The van der Waals surface area contributed by atoms with Crippen LogP contribution in [0.2, 0.25) is 0 Å². The van der Waals surface area contributed by atoms with Crippen molar-refractivity contribution in [1.82, 2.24) is 10.2 Å². The van der Waals surface area contributed by atoms with Gasteiger partial charge in [-0.3, -0.25) is 5.41 Å². The van der Waals surface area contributed by atoms with Gasteiger partial charge < -0.3 is 16.0 Å². The normalized spacial score (nSPS) is 17.7. The van der Waals surface area contributed by atoms with Gasteiger partial charge in [-0.2, -0.15) is 0 Å². The second kappa shape index (κ2) is 5.00. The lowest BCUT2D eigenvalue weighted by molar-refractivity contribution is 0.184. The van der Waals surface area contributed by atoms with E-state index in [-0.39, 0.29) is 17.9 Å². The lowest BCUT2D eigenvalue weighted by atomic mass is 9.93. The number of rotatable bonds is 4. The van der Waals surface area contributed by atoms with Crippen molar-refractivity contribution < 1.29 is 4.79 Å². The molecule has 1 rings (SSSR count). The Morgan fingerprint density at radius 2 is 2.27 bits per heavy atom. The van der Waals surface area contributed by atoms with Crippen molar-refractivity contribution in [2.75, 3.05) is 7.05 Å². The number of nitrogens with one attached hydrogen (secondary N) is 2. The van der Waals surface area contributed by atoms with Gasteiger partial charge in [-0.1, -0.05) is 0 Å². The number of nitrogens with zero attached hydrogens (tertiary/aromatic N) is 1. The number of hydrogen-bond donors (Lipinski definition) is 3. The van der Waals surface area contributed by atoms with Gasteiger partial charge in [-0.25, -0.2) is 4.79 Å². The maximum absolute atomic E-state index is 11.7. The van der Waals surface area contributed by atoms with E-state index in [1.165, 1.54) is 6.42 Å². The van der Waals surface area contributed by atoms with Crippen molar-refractivity contribution in [2.24, 2.45) is 5.73 Å². The van der Waals surface area contributed by atoms with Gasteiger partial charge in [0.1, 0.15) is 0 Å². The van der Waals surface area contributed by atoms with Gasteiger partial charge in [-0.05, 0) is 26.2 Å². The molecular weight excluding hydrogens is 192 g/mol. The molecule has 0 aromatic rings. The van der Waals surface area contributed by atoms with E-state index in [9.17, 15) is 4.79 Å². The predicted octanol–water partition coefficient (Wildman–Crippen LogP) is 0.895.